The molecule has 18 heavy (non-hydrogen) atoms. The van der Waals surface area contributed by atoms with Gasteiger partial charge in [-0.2, -0.15) is 0 Å². The number of rotatable bonds is 2. The average molecular weight is 268 g/mol. The molecule has 5 heteroatoms. The number of halogens is 1. The van der Waals surface area contributed by atoms with Crippen molar-refractivity contribution in [3.63, 3.8) is 0 Å². The van der Waals surface area contributed by atoms with Gasteiger partial charge in [0, 0.05) is 29.4 Å². The van der Waals surface area contributed by atoms with E-state index in [4.69, 9.17) is 22.5 Å². The van der Waals surface area contributed by atoms with E-state index in [2.05, 4.69) is 17.0 Å². The van der Waals surface area contributed by atoms with Gasteiger partial charge in [-0.25, -0.2) is 0 Å². The van der Waals surface area contributed by atoms with Crippen molar-refractivity contribution in [3.8, 4) is 0 Å². The van der Waals surface area contributed by atoms with Crippen molar-refractivity contribution in [2.45, 2.75) is 19.8 Å². The number of piperidine rings is 1. The molecule has 1 unspecified atom stereocenters. The molecule has 1 aliphatic heterocycles. The standard InChI is InChI=1S/C13H18ClN3O/c1-9-3-2-6-17(8-9)12-7-10(14)4-5-11(12)13(15)16-18/h4-5,7,9,18H,2-3,6,8H2,1H3,(H2,15,16). The summed E-state index contributed by atoms with van der Waals surface area (Å²) in [4.78, 5) is 2.26. The van der Waals surface area contributed by atoms with Gasteiger partial charge < -0.3 is 15.8 Å². The zero-order valence-electron chi connectivity index (χ0n) is 10.4. The van der Waals surface area contributed by atoms with E-state index in [-0.39, 0.29) is 5.84 Å². The smallest absolute Gasteiger partial charge is 0.172 e. The van der Waals surface area contributed by atoms with Gasteiger partial charge in [0.1, 0.15) is 0 Å². The Bertz CT molecular complexity index is 462. The summed E-state index contributed by atoms with van der Waals surface area (Å²) in [5.74, 6) is 0.776. The predicted molar refractivity (Wildman–Crippen MR) is 74.6 cm³/mol. The van der Waals surface area contributed by atoms with E-state index in [9.17, 15) is 0 Å². The van der Waals surface area contributed by atoms with E-state index >= 15 is 0 Å². The zero-order valence-corrected chi connectivity index (χ0v) is 11.2. The molecule has 1 fully saturated rings. The highest BCUT2D eigenvalue weighted by atomic mass is 35.5. The first-order valence-corrected chi connectivity index (χ1v) is 6.52. The van der Waals surface area contributed by atoms with E-state index in [1.807, 2.05) is 6.07 Å². The molecule has 98 valence electrons. The van der Waals surface area contributed by atoms with E-state index in [1.54, 1.807) is 12.1 Å². The van der Waals surface area contributed by atoms with Crippen LogP contribution in [0.25, 0.3) is 0 Å². The summed E-state index contributed by atoms with van der Waals surface area (Å²) < 4.78 is 0. The normalized spacial score (nSPS) is 21.1. The minimum Gasteiger partial charge on any atom is -0.409 e. The van der Waals surface area contributed by atoms with E-state index in [0.29, 0.717) is 10.9 Å². The minimum atomic E-state index is 0.125. The topological polar surface area (TPSA) is 61.8 Å². The summed E-state index contributed by atoms with van der Waals surface area (Å²) in [6.45, 7) is 4.20. The molecule has 1 aromatic carbocycles. The maximum Gasteiger partial charge on any atom is 0.172 e. The second kappa shape index (κ2) is 5.48. The van der Waals surface area contributed by atoms with Crippen LogP contribution in [-0.4, -0.2) is 24.1 Å². The van der Waals surface area contributed by atoms with Crippen LogP contribution in [0.15, 0.2) is 23.4 Å². The van der Waals surface area contributed by atoms with Gasteiger partial charge in [-0.15, -0.1) is 0 Å². The van der Waals surface area contributed by atoms with Gasteiger partial charge in [-0.1, -0.05) is 23.7 Å². The molecule has 1 aliphatic rings. The second-order valence-corrected chi connectivity index (χ2v) is 5.28. The lowest BCUT2D eigenvalue weighted by Crippen LogP contribution is -2.35. The van der Waals surface area contributed by atoms with Gasteiger partial charge in [0.25, 0.3) is 0 Å². The van der Waals surface area contributed by atoms with Crippen LogP contribution >= 0.6 is 11.6 Å². The Hall–Kier alpha value is -1.42. The highest BCUT2D eigenvalue weighted by Crippen LogP contribution is 2.28. The lowest BCUT2D eigenvalue weighted by atomic mass is 9.98. The lowest BCUT2D eigenvalue weighted by Gasteiger charge is -2.34. The van der Waals surface area contributed by atoms with Crippen molar-refractivity contribution in [1.82, 2.24) is 0 Å². The Morgan fingerprint density at radius 2 is 2.33 bits per heavy atom. The molecule has 2 rings (SSSR count). The van der Waals surface area contributed by atoms with E-state index in [1.165, 1.54) is 6.42 Å². The molecule has 3 N–H and O–H groups in total. The summed E-state index contributed by atoms with van der Waals surface area (Å²) in [6.07, 6.45) is 2.40. The molecule has 0 bridgehead atoms. The molecule has 0 saturated carbocycles. The van der Waals surface area contributed by atoms with Crippen LogP contribution in [0.5, 0.6) is 0 Å². The Kier molecular flexibility index (Phi) is 3.97. The fourth-order valence-electron chi connectivity index (χ4n) is 2.45. The molecule has 0 spiro atoms. The summed E-state index contributed by atoms with van der Waals surface area (Å²) in [5.41, 5.74) is 7.40. The number of benzene rings is 1. The lowest BCUT2D eigenvalue weighted by molar-refractivity contribution is 0.318. The molecular formula is C13H18ClN3O. The molecule has 1 heterocycles. The largest absolute Gasteiger partial charge is 0.409 e. The number of hydrogen-bond donors (Lipinski definition) is 2. The number of amidine groups is 1. The molecular weight excluding hydrogens is 250 g/mol. The average Bonchev–Trinajstić information content (AvgIpc) is 2.38. The maximum absolute atomic E-state index is 8.84. The van der Waals surface area contributed by atoms with Gasteiger partial charge in [0.2, 0.25) is 0 Å². The van der Waals surface area contributed by atoms with Gasteiger partial charge in [-0.05, 0) is 37.0 Å². The quantitative estimate of drug-likeness (QED) is 0.375. The third kappa shape index (κ3) is 2.70. The number of nitrogens with two attached hydrogens (primary N) is 1. The number of oxime groups is 1. The highest BCUT2D eigenvalue weighted by molar-refractivity contribution is 6.31. The maximum atomic E-state index is 8.84. The van der Waals surface area contributed by atoms with Gasteiger partial charge >= 0.3 is 0 Å². The van der Waals surface area contributed by atoms with Crippen LogP contribution in [0.4, 0.5) is 5.69 Å². The predicted octanol–water partition coefficient (Wildman–Crippen LogP) is 2.67. The van der Waals surface area contributed by atoms with Crippen molar-refractivity contribution in [1.29, 1.82) is 0 Å². The molecule has 0 radical (unpaired) electrons. The number of nitrogens with zero attached hydrogens (tertiary/aromatic N) is 2. The Morgan fingerprint density at radius 1 is 1.56 bits per heavy atom. The van der Waals surface area contributed by atoms with Crippen molar-refractivity contribution in [2.24, 2.45) is 16.8 Å². The van der Waals surface area contributed by atoms with Crippen LogP contribution in [0.3, 0.4) is 0 Å². The van der Waals surface area contributed by atoms with Crippen molar-refractivity contribution >= 4 is 23.1 Å². The van der Waals surface area contributed by atoms with Crippen molar-refractivity contribution < 1.29 is 5.21 Å². The van der Waals surface area contributed by atoms with Crippen LogP contribution in [0.1, 0.15) is 25.3 Å². The fourth-order valence-corrected chi connectivity index (χ4v) is 2.61. The van der Waals surface area contributed by atoms with Crippen LogP contribution < -0.4 is 10.6 Å². The fraction of sp³-hybridized carbons (Fsp3) is 0.462. The Labute approximate surface area is 112 Å². The molecule has 1 aromatic rings. The molecule has 0 aromatic heterocycles. The minimum absolute atomic E-state index is 0.125. The Morgan fingerprint density at radius 3 is 3.00 bits per heavy atom. The van der Waals surface area contributed by atoms with E-state index in [0.717, 1.165) is 30.8 Å². The van der Waals surface area contributed by atoms with E-state index < -0.39 is 0 Å². The molecule has 0 aliphatic carbocycles. The summed E-state index contributed by atoms with van der Waals surface area (Å²) in [5, 5.41) is 12.6. The van der Waals surface area contributed by atoms with Crippen LogP contribution in [0, 0.1) is 5.92 Å². The third-order valence-electron chi connectivity index (χ3n) is 3.34. The number of hydrogen-bond acceptors (Lipinski definition) is 3. The first-order valence-electron chi connectivity index (χ1n) is 6.14. The summed E-state index contributed by atoms with van der Waals surface area (Å²) in [7, 11) is 0. The zero-order chi connectivity index (χ0) is 13.1. The highest BCUT2D eigenvalue weighted by Gasteiger charge is 2.20. The molecule has 1 atom stereocenters. The SMILES string of the molecule is CC1CCCN(c2cc(Cl)ccc2C(N)=NO)C1. The Balaban J connectivity index is 2.38. The van der Waals surface area contributed by atoms with Gasteiger partial charge in [0.15, 0.2) is 5.84 Å². The van der Waals surface area contributed by atoms with Gasteiger partial charge in [-0.3, -0.25) is 0 Å². The molecule has 0 amide bonds. The van der Waals surface area contributed by atoms with Crippen molar-refractivity contribution in [3.05, 3.63) is 28.8 Å². The van der Waals surface area contributed by atoms with Crippen LogP contribution in [0.2, 0.25) is 5.02 Å². The third-order valence-corrected chi connectivity index (χ3v) is 3.58. The van der Waals surface area contributed by atoms with Crippen molar-refractivity contribution in [2.75, 3.05) is 18.0 Å². The molecule has 1 saturated heterocycles. The second-order valence-electron chi connectivity index (χ2n) is 4.84. The first kappa shape index (κ1) is 13.0. The first-order chi connectivity index (χ1) is 8.61. The summed E-state index contributed by atoms with van der Waals surface area (Å²) in [6, 6.07) is 5.44. The summed E-state index contributed by atoms with van der Waals surface area (Å²) >= 11 is 6.05. The number of anilines is 1. The monoisotopic (exact) mass is 267 g/mol. The molecule has 4 nitrogen and oxygen atoms in total. The van der Waals surface area contributed by atoms with Crippen LogP contribution in [-0.2, 0) is 0 Å². The van der Waals surface area contributed by atoms with Gasteiger partial charge in [0.05, 0.1) is 0 Å².